The van der Waals surface area contributed by atoms with Crippen LogP contribution in [0, 0.1) is 0 Å². The SMILES string of the molecule is CN1CCN(C(=O)c2ccc(Br)cc2S)c2ccccc21. The van der Waals surface area contributed by atoms with Gasteiger partial charge in [0.15, 0.2) is 0 Å². The molecule has 0 saturated heterocycles. The lowest BCUT2D eigenvalue weighted by atomic mass is 10.1. The second-order valence-electron chi connectivity index (χ2n) is 5.03. The number of thiol groups is 1. The van der Waals surface area contributed by atoms with Crippen molar-refractivity contribution < 1.29 is 4.79 Å². The molecule has 2 aromatic carbocycles. The fourth-order valence-corrected chi connectivity index (χ4v) is 3.40. The molecular weight excluding hydrogens is 348 g/mol. The lowest BCUT2D eigenvalue weighted by Crippen LogP contribution is -2.42. The number of para-hydroxylation sites is 2. The van der Waals surface area contributed by atoms with Crippen molar-refractivity contribution in [2.24, 2.45) is 0 Å². The quantitative estimate of drug-likeness (QED) is 0.779. The average Bonchev–Trinajstić information content (AvgIpc) is 2.47. The van der Waals surface area contributed by atoms with Crippen LogP contribution in [0.25, 0.3) is 0 Å². The predicted octanol–water partition coefficient (Wildman–Crippen LogP) is 3.83. The first-order chi connectivity index (χ1) is 10.1. The van der Waals surface area contributed by atoms with E-state index >= 15 is 0 Å². The van der Waals surface area contributed by atoms with E-state index in [2.05, 4.69) is 33.5 Å². The van der Waals surface area contributed by atoms with Gasteiger partial charge in [0, 0.05) is 29.5 Å². The highest BCUT2D eigenvalue weighted by Gasteiger charge is 2.26. The zero-order valence-electron chi connectivity index (χ0n) is 11.6. The van der Waals surface area contributed by atoms with Crippen LogP contribution in [0.3, 0.4) is 0 Å². The summed E-state index contributed by atoms with van der Waals surface area (Å²) < 4.78 is 0.919. The van der Waals surface area contributed by atoms with Crippen molar-refractivity contribution in [1.29, 1.82) is 0 Å². The van der Waals surface area contributed by atoms with E-state index < -0.39 is 0 Å². The van der Waals surface area contributed by atoms with E-state index in [9.17, 15) is 4.79 Å². The molecule has 3 rings (SSSR count). The molecule has 3 nitrogen and oxygen atoms in total. The van der Waals surface area contributed by atoms with E-state index in [1.54, 1.807) is 0 Å². The summed E-state index contributed by atoms with van der Waals surface area (Å²) in [6.45, 7) is 1.50. The first kappa shape index (κ1) is 14.5. The number of fused-ring (bicyclic) bond motifs is 1. The number of likely N-dealkylation sites (N-methyl/N-ethyl adjacent to an activating group) is 1. The Balaban J connectivity index is 2.01. The molecule has 0 unspecified atom stereocenters. The number of halogens is 1. The number of benzene rings is 2. The molecule has 1 aliphatic rings. The molecule has 0 aromatic heterocycles. The third-order valence-corrected chi connectivity index (χ3v) is 4.54. The smallest absolute Gasteiger partial charge is 0.259 e. The summed E-state index contributed by atoms with van der Waals surface area (Å²) in [6, 6.07) is 13.5. The normalized spacial score (nSPS) is 14.0. The molecule has 0 spiro atoms. The Morgan fingerprint density at radius 2 is 1.86 bits per heavy atom. The minimum atomic E-state index is -0.00644. The second-order valence-corrected chi connectivity index (χ2v) is 6.43. The molecule has 0 fully saturated rings. The molecular formula is C16H15BrN2OS. The first-order valence-electron chi connectivity index (χ1n) is 6.68. The number of amides is 1. The Labute approximate surface area is 138 Å². The van der Waals surface area contributed by atoms with Crippen LogP contribution in [0.5, 0.6) is 0 Å². The predicted molar refractivity (Wildman–Crippen MR) is 92.8 cm³/mol. The van der Waals surface area contributed by atoms with Crippen LogP contribution in [0.4, 0.5) is 11.4 Å². The monoisotopic (exact) mass is 362 g/mol. The number of nitrogens with zero attached hydrogens (tertiary/aromatic N) is 2. The highest BCUT2D eigenvalue weighted by molar-refractivity contribution is 9.10. The van der Waals surface area contributed by atoms with Crippen LogP contribution in [-0.4, -0.2) is 26.0 Å². The molecule has 1 heterocycles. The molecule has 0 atom stereocenters. The maximum absolute atomic E-state index is 12.8. The molecule has 108 valence electrons. The Bertz CT molecular complexity index is 704. The topological polar surface area (TPSA) is 23.6 Å². The minimum absolute atomic E-state index is 0.00644. The van der Waals surface area contributed by atoms with Gasteiger partial charge in [-0.15, -0.1) is 12.6 Å². The van der Waals surface area contributed by atoms with E-state index in [4.69, 9.17) is 0 Å². The first-order valence-corrected chi connectivity index (χ1v) is 7.92. The van der Waals surface area contributed by atoms with Crippen molar-refractivity contribution in [3.8, 4) is 0 Å². The summed E-state index contributed by atoms with van der Waals surface area (Å²) in [4.78, 5) is 17.5. The summed E-state index contributed by atoms with van der Waals surface area (Å²) in [7, 11) is 2.05. The largest absolute Gasteiger partial charge is 0.371 e. The lowest BCUT2D eigenvalue weighted by Gasteiger charge is -2.35. The van der Waals surface area contributed by atoms with E-state index in [1.807, 2.05) is 54.4 Å². The maximum Gasteiger partial charge on any atom is 0.259 e. The van der Waals surface area contributed by atoms with Gasteiger partial charge in [0.2, 0.25) is 0 Å². The number of hydrogen-bond donors (Lipinski definition) is 1. The summed E-state index contributed by atoms with van der Waals surface area (Å²) in [6.07, 6.45) is 0. The Hall–Kier alpha value is -1.46. The van der Waals surface area contributed by atoms with Crippen molar-refractivity contribution in [3.63, 3.8) is 0 Å². The molecule has 0 N–H and O–H groups in total. The molecule has 2 aromatic rings. The molecule has 0 radical (unpaired) electrons. The van der Waals surface area contributed by atoms with Crippen molar-refractivity contribution >= 4 is 45.8 Å². The number of carbonyl (C=O) groups excluding carboxylic acids is 1. The van der Waals surface area contributed by atoms with E-state index in [-0.39, 0.29) is 5.91 Å². The summed E-state index contributed by atoms with van der Waals surface area (Å²) >= 11 is 7.82. The third kappa shape index (κ3) is 2.68. The van der Waals surface area contributed by atoms with Crippen molar-refractivity contribution in [1.82, 2.24) is 0 Å². The molecule has 5 heteroatoms. The van der Waals surface area contributed by atoms with Crippen molar-refractivity contribution in [3.05, 3.63) is 52.5 Å². The lowest BCUT2D eigenvalue weighted by molar-refractivity contribution is 0.0984. The molecule has 0 bridgehead atoms. The second kappa shape index (κ2) is 5.73. The van der Waals surface area contributed by atoms with Gasteiger partial charge in [-0.2, -0.15) is 0 Å². The number of rotatable bonds is 1. The minimum Gasteiger partial charge on any atom is -0.371 e. The van der Waals surface area contributed by atoms with Crippen LogP contribution in [0.15, 0.2) is 51.8 Å². The van der Waals surface area contributed by atoms with Crippen molar-refractivity contribution in [2.75, 3.05) is 29.9 Å². The Kier molecular flexibility index (Phi) is 3.95. The zero-order valence-corrected chi connectivity index (χ0v) is 14.1. The van der Waals surface area contributed by atoms with Gasteiger partial charge in [-0.25, -0.2) is 0 Å². The van der Waals surface area contributed by atoms with Crippen LogP contribution in [0.2, 0.25) is 0 Å². The maximum atomic E-state index is 12.8. The standard InChI is InChI=1S/C16H15BrN2OS/c1-18-8-9-19(14-5-3-2-4-13(14)18)16(20)12-7-6-11(17)10-15(12)21/h2-7,10,21H,8-9H2,1H3. The summed E-state index contributed by atoms with van der Waals surface area (Å²) in [5.74, 6) is -0.00644. The molecule has 21 heavy (non-hydrogen) atoms. The molecule has 0 aliphatic carbocycles. The highest BCUT2D eigenvalue weighted by atomic mass is 79.9. The number of hydrogen-bond acceptors (Lipinski definition) is 3. The molecule has 0 saturated carbocycles. The van der Waals surface area contributed by atoms with Crippen LogP contribution in [0.1, 0.15) is 10.4 Å². The van der Waals surface area contributed by atoms with Gasteiger partial charge in [-0.05, 0) is 30.3 Å². The Morgan fingerprint density at radius 3 is 2.57 bits per heavy atom. The fraction of sp³-hybridized carbons (Fsp3) is 0.188. The van der Waals surface area contributed by atoms with Gasteiger partial charge in [0.05, 0.1) is 16.9 Å². The van der Waals surface area contributed by atoms with Crippen LogP contribution in [-0.2, 0) is 0 Å². The fourth-order valence-electron chi connectivity index (χ4n) is 2.55. The summed E-state index contributed by atoms with van der Waals surface area (Å²) in [5, 5.41) is 0. The number of carbonyl (C=O) groups is 1. The van der Waals surface area contributed by atoms with Gasteiger partial charge in [-0.3, -0.25) is 4.79 Å². The van der Waals surface area contributed by atoms with Gasteiger partial charge < -0.3 is 9.80 Å². The summed E-state index contributed by atoms with van der Waals surface area (Å²) in [5.41, 5.74) is 2.66. The van der Waals surface area contributed by atoms with Crippen LogP contribution < -0.4 is 9.80 Å². The van der Waals surface area contributed by atoms with Gasteiger partial charge >= 0.3 is 0 Å². The Morgan fingerprint density at radius 1 is 1.14 bits per heavy atom. The zero-order chi connectivity index (χ0) is 15.0. The average molecular weight is 363 g/mol. The van der Waals surface area contributed by atoms with Crippen LogP contribution >= 0.6 is 28.6 Å². The highest BCUT2D eigenvalue weighted by Crippen LogP contribution is 2.33. The van der Waals surface area contributed by atoms with E-state index in [0.29, 0.717) is 17.0 Å². The van der Waals surface area contributed by atoms with Gasteiger partial charge in [0.25, 0.3) is 5.91 Å². The van der Waals surface area contributed by atoms with E-state index in [1.165, 1.54) is 0 Å². The third-order valence-electron chi connectivity index (χ3n) is 3.68. The number of anilines is 2. The van der Waals surface area contributed by atoms with Gasteiger partial charge in [0.1, 0.15) is 0 Å². The van der Waals surface area contributed by atoms with Crippen molar-refractivity contribution in [2.45, 2.75) is 4.90 Å². The van der Waals surface area contributed by atoms with Gasteiger partial charge in [-0.1, -0.05) is 28.1 Å². The van der Waals surface area contributed by atoms with E-state index in [0.717, 1.165) is 22.4 Å². The molecule has 1 amide bonds. The molecule has 1 aliphatic heterocycles.